The molecule has 0 amide bonds. The number of rotatable bonds is 6. The fourth-order valence-electron chi connectivity index (χ4n) is 24.1. The molecule has 0 spiro atoms. The monoisotopic (exact) mass is 1840 g/mol. The fraction of sp³-hybridized carbons (Fsp3) is 0. The molecule has 0 N–H and O–H groups in total. The highest BCUT2D eigenvalue weighted by Crippen LogP contribution is 2.55. The van der Waals surface area contributed by atoms with Gasteiger partial charge in [-0.15, -0.1) is 0 Å². The minimum absolute atomic E-state index is 0.871. The predicted molar refractivity (Wildman–Crippen MR) is 602 cm³/mol. The van der Waals surface area contributed by atoms with Crippen molar-refractivity contribution < 1.29 is 0 Å². The molecule has 0 radical (unpaired) electrons. The predicted octanol–water partition coefficient (Wildman–Crippen LogP) is 35.4. The van der Waals surface area contributed by atoms with Crippen LogP contribution < -0.4 is 0 Å². The van der Waals surface area contributed by atoms with Crippen LogP contribution in [0.2, 0.25) is 0 Å². The molecule has 9 heteroatoms. The second-order valence-electron chi connectivity index (χ2n) is 38.5. The Balaban J connectivity index is 0.0000000992. The minimum atomic E-state index is 0.871. The maximum absolute atomic E-state index is 5.29. The molecule has 0 bridgehead atoms. The Morgan fingerprint density at radius 2 is 0.421 bits per heavy atom. The number of benzene rings is 23. The summed E-state index contributed by atoms with van der Waals surface area (Å²) < 4.78 is 7.02. The number of para-hydroxylation sites is 9. The molecule has 0 saturated carbocycles. The average Bonchev–Trinajstić information content (AvgIpc) is 1.55. The van der Waals surface area contributed by atoms with E-state index < -0.39 is 0 Å². The summed E-state index contributed by atoms with van der Waals surface area (Å²) in [5, 5.41) is 17.6. The van der Waals surface area contributed by atoms with Crippen molar-refractivity contribution >= 4 is 142 Å². The number of hydrogen-bond acceptors (Lipinski definition) is 6. The SMILES string of the molecule is c1ccc2c(c1)-c1nc3ccccc3nc1-n1c3ccccc3c3cc(-c4ccc(-c5cc6ccccc6c6ccccc56)cc4)cc-2c31.c1ccc2c(c1)-c1nc3ccccc3nc1-n1c3ccccc3c3cc(-c4ccc(-c5ccc6c7c(cccc57)-c5ccccc5-6)cc4)cc-2c31.c1ccc2c(c1)-c1nc3ccccc3nc1-n1c3ccccc3c3cc(-c4ccc(-c5ccc6ccccc6c5)cc4)cc-2c31. The van der Waals surface area contributed by atoms with E-state index in [4.69, 9.17) is 29.9 Å². The van der Waals surface area contributed by atoms with Crippen LogP contribution >= 0.6 is 0 Å². The lowest BCUT2D eigenvalue weighted by molar-refractivity contribution is 1.09. The number of nitrogens with zero attached hydrogens (tertiary/aromatic N) is 9. The van der Waals surface area contributed by atoms with Gasteiger partial charge in [0.1, 0.15) is 17.1 Å². The summed E-state index contributed by atoms with van der Waals surface area (Å²) in [5.41, 5.74) is 45.2. The molecular weight excluding hydrogens is 1760 g/mol. The molecule has 33 rings (SSSR count). The summed E-state index contributed by atoms with van der Waals surface area (Å²) in [5.74, 6) is 2.62. The largest absolute Gasteiger partial charge is 0.291 e. The van der Waals surface area contributed by atoms with E-state index in [0.29, 0.717) is 0 Å². The molecule has 4 aliphatic rings. The highest BCUT2D eigenvalue weighted by atomic mass is 15.1. The van der Waals surface area contributed by atoms with E-state index in [2.05, 4.69) is 444 Å². The first kappa shape index (κ1) is 80.5. The molecule has 668 valence electrons. The van der Waals surface area contributed by atoms with Crippen molar-refractivity contribution in [1.82, 2.24) is 43.6 Å². The quantitative estimate of drug-likeness (QED) is 0.154. The third-order valence-electron chi connectivity index (χ3n) is 30.7. The van der Waals surface area contributed by atoms with Crippen LogP contribution in [0.4, 0.5) is 0 Å². The molecule has 23 aromatic carbocycles. The van der Waals surface area contributed by atoms with E-state index in [0.717, 1.165) is 101 Å². The lowest BCUT2D eigenvalue weighted by atomic mass is 9.91. The molecule has 29 aromatic rings. The summed E-state index contributed by atoms with van der Waals surface area (Å²) in [6.07, 6.45) is 0. The van der Waals surface area contributed by atoms with Gasteiger partial charge < -0.3 is 0 Å². The van der Waals surface area contributed by atoms with E-state index in [1.54, 1.807) is 0 Å². The number of hydrogen-bond donors (Lipinski definition) is 0. The average molecular weight is 1840 g/mol. The third-order valence-corrected chi connectivity index (χ3v) is 30.7. The van der Waals surface area contributed by atoms with Gasteiger partial charge in [-0.1, -0.05) is 376 Å². The van der Waals surface area contributed by atoms with Crippen LogP contribution in [-0.4, -0.2) is 43.6 Å². The molecule has 3 aliphatic heterocycles. The smallest absolute Gasteiger partial charge is 0.165 e. The molecule has 6 aromatic heterocycles. The summed E-state index contributed by atoms with van der Waals surface area (Å²) in [4.78, 5) is 31.6. The van der Waals surface area contributed by atoms with E-state index in [9.17, 15) is 0 Å². The maximum atomic E-state index is 5.29. The van der Waals surface area contributed by atoms with Crippen molar-refractivity contribution in [2.24, 2.45) is 0 Å². The van der Waals surface area contributed by atoms with Gasteiger partial charge in [-0.05, 0) is 252 Å². The lowest BCUT2D eigenvalue weighted by Crippen LogP contribution is -2.02. The van der Waals surface area contributed by atoms with Crippen LogP contribution in [0.25, 0.3) is 315 Å². The molecule has 0 unspecified atom stereocenters. The Bertz CT molecular complexity index is 10600. The Labute approximate surface area is 832 Å². The Morgan fingerprint density at radius 3 is 0.848 bits per heavy atom. The number of aromatic nitrogens is 9. The van der Waals surface area contributed by atoms with E-state index >= 15 is 0 Å². The molecule has 0 fully saturated rings. The molecule has 9 heterocycles. The van der Waals surface area contributed by atoms with Gasteiger partial charge in [0.25, 0.3) is 0 Å². The second-order valence-corrected chi connectivity index (χ2v) is 38.5. The minimum Gasteiger partial charge on any atom is -0.291 e. The van der Waals surface area contributed by atoms with Crippen molar-refractivity contribution in [1.29, 1.82) is 0 Å². The second kappa shape index (κ2) is 31.5. The van der Waals surface area contributed by atoms with Gasteiger partial charge in [-0.3, -0.25) is 13.7 Å². The van der Waals surface area contributed by atoms with Gasteiger partial charge in [0.2, 0.25) is 0 Å². The van der Waals surface area contributed by atoms with Crippen LogP contribution in [0.5, 0.6) is 0 Å². The molecule has 145 heavy (non-hydrogen) atoms. The molecule has 9 nitrogen and oxygen atoms in total. The molecular formula is C136H79N9. The fourth-order valence-corrected chi connectivity index (χ4v) is 24.1. The zero-order valence-corrected chi connectivity index (χ0v) is 78.1. The molecule has 0 atom stereocenters. The first-order valence-corrected chi connectivity index (χ1v) is 49.6. The first-order valence-electron chi connectivity index (χ1n) is 49.6. The molecule has 1 aliphatic carbocycles. The van der Waals surface area contributed by atoms with Gasteiger partial charge in [-0.2, -0.15) is 0 Å². The van der Waals surface area contributed by atoms with Crippen molar-refractivity contribution in [3.05, 3.63) is 479 Å². The normalized spacial score (nSPS) is 12.1. The van der Waals surface area contributed by atoms with Crippen molar-refractivity contribution in [2.45, 2.75) is 0 Å². The Kier molecular flexibility index (Phi) is 17.5. The maximum Gasteiger partial charge on any atom is 0.165 e. The molecule has 0 saturated heterocycles. The number of fused-ring (bicyclic) bond motifs is 34. The Morgan fingerprint density at radius 1 is 0.131 bits per heavy atom. The van der Waals surface area contributed by atoms with Crippen molar-refractivity contribution in [3.8, 4) is 174 Å². The van der Waals surface area contributed by atoms with E-state index in [1.807, 2.05) is 48.5 Å². The zero-order chi connectivity index (χ0) is 94.7. The van der Waals surface area contributed by atoms with Crippen LogP contribution in [0, 0.1) is 0 Å². The first-order chi connectivity index (χ1) is 71.9. The van der Waals surface area contributed by atoms with Crippen LogP contribution in [0.3, 0.4) is 0 Å². The van der Waals surface area contributed by atoms with Crippen molar-refractivity contribution in [2.75, 3.05) is 0 Å². The van der Waals surface area contributed by atoms with Gasteiger partial charge in [0, 0.05) is 65.7 Å². The van der Waals surface area contributed by atoms with Crippen LogP contribution in [-0.2, 0) is 0 Å². The third kappa shape index (κ3) is 12.3. The van der Waals surface area contributed by atoms with Gasteiger partial charge in [-0.25, -0.2) is 29.9 Å². The van der Waals surface area contributed by atoms with E-state index in [1.165, 1.54) is 214 Å². The van der Waals surface area contributed by atoms with Crippen molar-refractivity contribution in [3.63, 3.8) is 0 Å². The van der Waals surface area contributed by atoms with E-state index in [-0.39, 0.29) is 0 Å². The summed E-state index contributed by atoms with van der Waals surface area (Å²) in [7, 11) is 0. The Hall–Kier alpha value is -19.5. The van der Waals surface area contributed by atoms with Gasteiger partial charge in [0.15, 0.2) is 17.5 Å². The summed E-state index contributed by atoms with van der Waals surface area (Å²) in [6.45, 7) is 0. The summed E-state index contributed by atoms with van der Waals surface area (Å²) in [6, 6.07) is 173. The highest BCUT2D eigenvalue weighted by Gasteiger charge is 2.34. The van der Waals surface area contributed by atoms with Crippen LogP contribution in [0.15, 0.2) is 479 Å². The summed E-state index contributed by atoms with van der Waals surface area (Å²) >= 11 is 0. The lowest BCUT2D eigenvalue weighted by Gasteiger charge is -2.13. The highest BCUT2D eigenvalue weighted by molar-refractivity contribution is 6.24. The van der Waals surface area contributed by atoms with Crippen LogP contribution in [0.1, 0.15) is 0 Å². The topological polar surface area (TPSA) is 92.1 Å². The standard InChI is InChI=1S/C48H27N3.C46H27N3.C42H25N3/c1-2-11-33-32(10-1)37-16-9-15-36-31(24-25-38(33)45(36)37)29-22-20-28(21-23-29)30-26-40-34-12-3-4-14-39(34)46-48(50-43-18-7-6-17-42(43)49-46)51-44-19-8-5-13-35(44)41(27-30)47(40)51;1-2-12-32-30(11-1)25-38(34-14-4-3-13-33(32)34)29-23-21-28(22-24-29)31-26-39-35-15-5-6-17-37(35)44-46(48-42-19-9-8-18-41(42)47-44)49-43-20-10-7-16-36(43)40(27-31)45(39)49;1-2-10-29-23-30(22-21-26(29)9-1)27-17-19-28(20-18-27)31-24-35-32-11-3-4-13-34(32)40-42(44-38-15-7-6-14-37(38)43-40)45-39-16-8-5-12-33(39)36(25-31)41(35)45/h1-27H;1-27H;1-25H. The zero-order valence-electron chi connectivity index (χ0n) is 78.1. The van der Waals surface area contributed by atoms with Gasteiger partial charge >= 0.3 is 0 Å². The van der Waals surface area contributed by atoms with Gasteiger partial charge in [0.05, 0.1) is 66.2 Å².